The molecular weight excluding hydrogens is 271 g/mol. The molecule has 0 spiro atoms. The van der Waals surface area contributed by atoms with Crippen LogP contribution in [-0.2, 0) is 6.54 Å². The third kappa shape index (κ3) is 3.51. The summed E-state index contributed by atoms with van der Waals surface area (Å²) in [6.45, 7) is 0.299. The van der Waals surface area contributed by atoms with Gasteiger partial charge in [-0.3, -0.25) is 4.79 Å². The molecule has 2 rings (SSSR count). The van der Waals surface area contributed by atoms with E-state index in [0.717, 1.165) is 0 Å². The second kappa shape index (κ2) is 6.26. The summed E-state index contributed by atoms with van der Waals surface area (Å²) in [5.74, 6) is -0.00314. The fourth-order valence-electron chi connectivity index (χ4n) is 2.03. The molecule has 0 atom stereocenters. The Hall–Kier alpha value is -2.56. The summed E-state index contributed by atoms with van der Waals surface area (Å²) < 4.78 is 18.3. The van der Waals surface area contributed by atoms with Crippen LogP contribution in [0.25, 0.3) is 0 Å². The van der Waals surface area contributed by atoms with Gasteiger partial charge < -0.3 is 15.4 Å². The number of nitrogens with zero attached hydrogens (tertiary/aromatic N) is 1. The van der Waals surface area contributed by atoms with Gasteiger partial charge in [-0.2, -0.15) is 0 Å². The topological polar surface area (TPSA) is 55.6 Å². The molecule has 5 heteroatoms. The average molecular weight is 288 g/mol. The van der Waals surface area contributed by atoms with Gasteiger partial charge in [0, 0.05) is 19.3 Å². The number of hydrogen-bond donors (Lipinski definition) is 1. The molecule has 110 valence electrons. The predicted molar refractivity (Wildman–Crippen MR) is 79.6 cm³/mol. The number of benzene rings is 2. The van der Waals surface area contributed by atoms with Crippen molar-refractivity contribution in [2.24, 2.45) is 0 Å². The van der Waals surface area contributed by atoms with E-state index in [1.165, 1.54) is 24.1 Å². The van der Waals surface area contributed by atoms with Gasteiger partial charge in [0.05, 0.1) is 12.7 Å². The third-order valence-electron chi connectivity index (χ3n) is 3.15. The van der Waals surface area contributed by atoms with Gasteiger partial charge in [-0.05, 0) is 35.9 Å². The first-order valence-electron chi connectivity index (χ1n) is 6.44. The highest BCUT2D eigenvalue weighted by molar-refractivity contribution is 5.99. The van der Waals surface area contributed by atoms with Crippen LogP contribution in [0.2, 0.25) is 0 Å². The highest BCUT2D eigenvalue weighted by Gasteiger charge is 2.16. The SMILES string of the molecule is COc1ccc(N)c(C(=O)N(C)Cc2cccc(F)c2)c1. The maximum Gasteiger partial charge on any atom is 0.256 e. The van der Waals surface area contributed by atoms with Gasteiger partial charge >= 0.3 is 0 Å². The second-order valence-corrected chi connectivity index (χ2v) is 4.74. The Labute approximate surface area is 122 Å². The number of anilines is 1. The van der Waals surface area contributed by atoms with E-state index in [4.69, 9.17) is 10.5 Å². The molecule has 0 aliphatic heterocycles. The molecule has 0 unspecified atom stereocenters. The maximum absolute atomic E-state index is 13.2. The lowest BCUT2D eigenvalue weighted by Gasteiger charge is -2.18. The lowest BCUT2D eigenvalue weighted by Crippen LogP contribution is -2.27. The summed E-state index contributed by atoms with van der Waals surface area (Å²) in [5, 5.41) is 0. The van der Waals surface area contributed by atoms with E-state index in [1.54, 1.807) is 37.4 Å². The summed E-state index contributed by atoms with van der Waals surface area (Å²) in [5.41, 5.74) is 7.30. The first kappa shape index (κ1) is 14.8. The van der Waals surface area contributed by atoms with Crippen LogP contribution in [-0.4, -0.2) is 25.0 Å². The Balaban J connectivity index is 2.19. The Kier molecular flexibility index (Phi) is 4.42. The quantitative estimate of drug-likeness (QED) is 0.880. The lowest BCUT2D eigenvalue weighted by molar-refractivity contribution is 0.0785. The summed E-state index contributed by atoms with van der Waals surface area (Å²) in [4.78, 5) is 13.9. The molecule has 0 aromatic heterocycles. The van der Waals surface area contributed by atoms with Crippen molar-refractivity contribution in [2.75, 3.05) is 19.9 Å². The number of amides is 1. The number of hydrogen-bond acceptors (Lipinski definition) is 3. The number of rotatable bonds is 4. The molecule has 2 aromatic carbocycles. The summed E-state index contributed by atoms with van der Waals surface area (Å²) in [7, 11) is 3.17. The van der Waals surface area contributed by atoms with Crippen LogP contribution in [0.4, 0.5) is 10.1 Å². The van der Waals surface area contributed by atoms with Crippen LogP contribution >= 0.6 is 0 Å². The van der Waals surface area contributed by atoms with Crippen molar-refractivity contribution in [1.29, 1.82) is 0 Å². The monoisotopic (exact) mass is 288 g/mol. The van der Waals surface area contributed by atoms with Crippen LogP contribution in [0.3, 0.4) is 0 Å². The highest BCUT2D eigenvalue weighted by Crippen LogP contribution is 2.21. The van der Waals surface area contributed by atoms with Crippen molar-refractivity contribution in [3.8, 4) is 5.75 Å². The standard InChI is InChI=1S/C16H17FN2O2/c1-19(10-11-4-3-5-12(17)8-11)16(20)14-9-13(21-2)6-7-15(14)18/h3-9H,10,18H2,1-2H3. The lowest BCUT2D eigenvalue weighted by atomic mass is 10.1. The van der Waals surface area contributed by atoms with E-state index in [2.05, 4.69) is 0 Å². The molecule has 1 amide bonds. The smallest absolute Gasteiger partial charge is 0.256 e. The second-order valence-electron chi connectivity index (χ2n) is 4.74. The fourth-order valence-corrected chi connectivity index (χ4v) is 2.03. The van der Waals surface area contributed by atoms with Crippen molar-refractivity contribution in [2.45, 2.75) is 6.54 Å². The molecular formula is C16H17FN2O2. The molecule has 0 aliphatic carbocycles. The van der Waals surface area contributed by atoms with Gasteiger partial charge in [-0.25, -0.2) is 4.39 Å². The highest BCUT2D eigenvalue weighted by atomic mass is 19.1. The Morgan fingerprint density at radius 1 is 1.29 bits per heavy atom. The summed E-state index contributed by atoms with van der Waals surface area (Å²) >= 11 is 0. The third-order valence-corrected chi connectivity index (χ3v) is 3.15. The van der Waals surface area contributed by atoms with E-state index in [-0.39, 0.29) is 11.7 Å². The molecule has 2 N–H and O–H groups in total. The van der Waals surface area contributed by atoms with Gasteiger partial charge in [-0.1, -0.05) is 12.1 Å². The van der Waals surface area contributed by atoms with Crippen molar-refractivity contribution in [3.63, 3.8) is 0 Å². The number of nitrogens with two attached hydrogens (primary N) is 1. The number of carbonyl (C=O) groups excluding carboxylic acids is 1. The van der Waals surface area contributed by atoms with E-state index in [0.29, 0.717) is 29.1 Å². The van der Waals surface area contributed by atoms with Crippen molar-refractivity contribution in [3.05, 3.63) is 59.4 Å². The molecule has 2 aromatic rings. The minimum absolute atomic E-state index is 0.240. The number of ether oxygens (including phenoxy) is 1. The zero-order valence-electron chi connectivity index (χ0n) is 12.0. The van der Waals surface area contributed by atoms with Crippen LogP contribution in [0.5, 0.6) is 5.75 Å². The average Bonchev–Trinajstić information content (AvgIpc) is 2.47. The normalized spacial score (nSPS) is 10.2. The van der Waals surface area contributed by atoms with Crippen molar-refractivity contribution < 1.29 is 13.9 Å². The van der Waals surface area contributed by atoms with E-state index in [1.807, 2.05) is 0 Å². The van der Waals surface area contributed by atoms with Crippen molar-refractivity contribution >= 4 is 11.6 Å². The fraction of sp³-hybridized carbons (Fsp3) is 0.188. The van der Waals surface area contributed by atoms with Crippen molar-refractivity contribution in [1.82, 2.24) is 4.90 Å². The first-order valence-corrected chi connectivity index (χ1v) is 6.44. The van der Waals surface area contributed by atoms with Gasteiger partial charge in [0.15, 0.2) is 0 Å². The first-order chi connectivity index (χ1) is 10.0. The van der Waals surface area contributed by atoms with Gasteiger partial charge in [0.1, 0.15) is 11.6 Å². The largest absolute Gasteiger partial charge is 0.497 e. The van der Waals surface area contributed by atoms with Gasteiger partial charge in [0.2, 0.25) is 0 Å². The van der Waals surface area contributed by atoms with Gasteiger partial charge in [-0.15, -0.1) is 0 Å². The summed E-state index contributed by atoms with van der Waals surface area (Å²) in [6, 6.07) is 11.1. The Morgan fingerprint density at radius 2 is 2.05 bits per heavy atom. The van der Waals surface area contributed by atoms with Crippen LogP contribution < -0.4 is 10.5 Å². The molecule has 0 radical (unpaired) electrons. The minimum atomic E-state index is -0.325. The molecule has 0 aliphatic rings. The molecule has 0 saturated carbocycles. The number of halogens is 1. The minimum Gasteiger partial charge on any atom is -0.497 e. The zero-order chi connectivity index (χ0) is 15.4. The van der Waals surface area contributed by atoms with Gasteiger partial charge in [0.25, 0.3) is 5.91 Å². The zero-order valence-corrected chi connectivity index (χ0v) is 12.0. The maximum atomic E-state index is 13.2. The Morgan fingerprint density at radius 3 is 2.71 bits per heavy atom. The van der Waals surface area contributed by atoms with E-state index < -0.39 is 0 Å². The summed E-state index contributed by atoms with van der Waals surface area (Å²) in [6.07, 6.45) is 0. The molecule has 0 bridgehead atoms. The molecule has 21 heavy (non-hydrogen) atoms. The number of methoxy groups -OCH3 is 1. The van der Waals surface area contributed by atoms with Crippen LogP contribution in [0.15, 0.2) is 42.5 Å². The molecule has 0 saturated heterocycles. The predicted octanol–water partition coefficient (Wildman–Crippen LogP) is 2.69. The number of carbonyl (C=O) groups is 1. The van der Waals surface area contributed by atoms with Crippen LogP contribution in [0, 0.1) is 5.82 Å². The molecule has 0 fully saturated rings. The number of nitrogen functional groups attached to an aromatic ring is 1. The van der Waals surface area contributed by atoms with E-state index in [9.17, 15) is 9.18 Å². The molecule has 0 heterocycles. The molecule has 4 nitrogen and oxygen atoms in total. The van der Waals surface area contributed by atoms with E-state index >= 15 is 0 Å². The van der Waals surface area contributed by atoms with Crippen LogP contribution in [0.1, 0.15) is 15.9 Å². The Bertz CT molecular complexity index is 658.